The molecule has 7 rings (SSSR count). The van der Waals surface area contributed by atoms with Gasteiger partial charge in [0.05, 0.1) is 5.92 Å². The van der Waals surface area contributed by atoms with Crippen LogP contribution in [0, 0.1) is 52.8 Å². The van der Waals surface area contributed by atoms with Crippen LogP contribution in [0.5, 0.6) is 0 Å². The van der Waals surface area contributed by atoms with Crippen molar-refractivity contribution < 1.29 is 28.6 Å². The largest absolute Gasteiger partial charge is 0.456 e. The monoisotopic (exact) mass is 486 g/mol. The van der Waals surface area contributed by atoms with Gasteiger partial charge in [-0.2, -0.15) is 0 Å². The van der Waals surface area contributed by atoms with E-state index >= 15 is 0 Å². The highest BCUT2D eigenvalue weighted by molar-refractivity contribution is 5.87. The highest BCUT2D eigenvalue weighted by atomic mass is 16.6. The average Bonchev–Trinajstić information content (AvgIpc) is 3.48. The Balaban J connectivity index is 1.09. The molecule has 6 heteroatoms. The Hall–Kier alpha value is -1.59. The molecule has 6 aliphatic carbocycles. The van der Waals surface area contributed by atoms with Crippen LogP contribution in [-0.2, 0) is 28.6 Å². The molecule has 1 heterocycles. The summed E-state index contributed by atoms with van der Waals surface area (Å²) in [5.74, 6) is 2.82. The predicted molar refractivity (Wildman–Crippen MR) is 128 cm³/mol. The zero-order chi connectivity index (χ0) is 24.7. The second kappa shape index (κ2) is 8.21. The summed E-state index contributed by atoms with van der Waals surface area (Å²) >= 11 is 0. The van der Waals surface area contributed by atoms with Crippen LogP contribution in [-0.4, -0.2) is 35.7 Å². The summed E-state index contributed by atoms with van der Waals surface area (Å²) in [5.41, 5.74) is -0.520. The molecule has 0 aromatic carbocycles. The summed E-state index contributed by atoms with van der Waals surface area (Å²) in [6, 6.07) is 0. The van der Waals surface area contributed by atoms with E-state index in [0.717, 1.165) is 56.3 Å². The Morgan fingerprint density at radius 1 is 0.943 bits per heavy atom. The molecule has 0 amide bonds. The minimum absolute atomic E-state index is 0.0380. The van der Waals surface area contributed by atoms with Gasteiger partial charge >= 0.3 is 17.9 Å². The van der Waals surface area contributed by atoms with E-state index in [1.807, 2.05) is 0 Å². The van der Waals surface area contributed by atoms with E-state index in [4.69, 9.17) is 14.2 Å². The van der Waals surface area contributed by atoms with Crippen LogP contribution >= 0.6 is 0 Å². The molecular formula is C29H42O6. The summed E-state index contributed by atoms with van der Waals surface area (Å²) in [6.07, 6.45) is 8.18. The highest BCUT2D eigenvalue weighted by Gasteiger charge is 2.60. The molecule has 7 aliphatic rings. The van der Waals surface area contributed by atoms with E-state index in [-0.39, 0.29) is 23.7 Å². The molecule has 6 nitrogen and oxygen atoms in total. The standard InChI is InChI=1S/C29H42O6/c1-5-28(4,29-12-17-6-18(13-29)8-19(7-17)14-29)35-27(32)24-11-23(26(31)34-24)33-25(30)22-10-20-9-21(22)16(3)15(20)2/h15-24H,5-14H2,1-4H3. The van der Waals surface area contributed by atoms with Crippen LogP contribution in [0.4, 0.5) is 0 Å². The first-order chi connectivity index (χ1) is 16.6. The second-order valence-electron chi connectivity index (χ2n) is 13.5. The van der Waals surface area contributed by atoms with Crippen molar-refractivity contribution in [2.75, 3.05) is 0 Å². The third-order valence-electron chi connectivity index (χ3n) is 11.8. The minimum Gasteiger partial charge on any atom is -0.456 e. The van der Waals surface area contributed by atoms with Crippen LogP contribution in [0.15, 0.2) is 0 Å². The van der Waals surface area contributed by atoms with Gasteiger partial charge in [0.15, 0.2) is 0 Å². The van der Waals surface area contributed by atoms with Crippen molar-refractivity contribution in [3.8, 4) is 0 Å². The van der Waals surface area contributed by atoms with Crippen LogP contribution in [0.2, 0.25) is 0 Å². The van der Waals surface area contributed by atoms with Gasteiger partial charge in [-0.15, -0.1) is 0 Å². The van der Waals surface area contributed by atoms with Gasteiger partial charge in [0.2, 0.25) is 12.2 Å². The highest BCUT2D eigenvalue weighted by Crippen LogP contribution is 2.65. The lowest BCUT2D eigenvalue weighted by molar-refractivity contribution is -0.212. The third kappa shape index (κ3) is 3.67. The number of cyclic esters (lactones) is 1. The lowest BCUT2D eigenvalue weighted by Crippen LogP contribution is -2.59. The summed E-state index contributed by atoms with van der Waals surface area (Å²) in [6.45, 7) is 8.70. The van der Waals surface area contributed by atoms with E-state index < -0.39 is 29.7 Å². The van der Waals surface area contributed by atoms with Crippen molar-refractivity contribution in [2.45, 2.75) is 110 Å². The summed E-state index contributed by atoms with van der Waals surface area (Å²) < 4.78 is 17.3. The number of esters is 3. The number of hydrogen-bond donors (Lipinski definition) is 0. The Morgan fingerprint density at radius 2 is 1.57 bits per heavy atom. The number of fused-ring (bicyclic) bond motifs is 2. The molecule has 35 heavy (non-hydrogen) atoms. The first-order valence-corrected chi connectivity index (χ1v) is 14.2. The Labute approximate surface area is 209 Å². The number of carbonyl (C=O) groups excluding carboxylic acids is 3. The molecule has 0 aromatic rings. The third-order valence-corrected chi connectivity index (χ3v) is 11.8. The average molecular weight is 487 g/mol. The molecule has 8 unspecified atom stereocenters. The first kappa shape index (κ1) is 23.8. The van der Waals surface area contributed by atoms with Crippen LogP contribution in [0.3, 0.4) is 0 Å². The summed E-state index contributed by atoms with van der Waals surface area (Å²) in [7, 11) is 0. The molecule has 6 saturated carbocycles. The molecule has 1 aliphatic heterocycles. The molecule has 1 saturated heterocycles. The van der Waals surface area contributed by atoms with E-state index in [9.17, 15) is 14.4 Å². The minimum atomic E-state index is -1.00. The van der Waals surface area contributed by atoms with E-state index in [0.29, 0.717) is 23.7 Å². The lowest BCUT2D eigenvalue weighted by atomic mass is 9.45. The molecule has 194 valence electrons. The SMILES string of the molecule is CCC(C)(OC(=O)C1CC(OC(=O)C2CC3CC2C(C)C3C)C(=O)O1)C12CC3CC(CC(C3)C1)C2. The molecule has 0 aromatic heterocycles. The van der Waals surface area contributed by atoms with Crippen LogP contribution in [0.25, 0.3) is 0 Å². The van der Waals surface area contributed by atoms with Gasteiger partial charge in [0.25, 0.3) is 0 Å². The Kier molecular flexibility index (Phi) is 5.58. The van der Waals surface area contributed by atoms with Crippen molar-refractivity contribution in [3.63, 3.8) is 0 Å². The number of rotatable bonds is 6. The molecule has 0 N–H and O–H groups in total. The number of carbonyl (C=O) groups is 3. The zero-order valence-corrected chi connectivity index (χ0v) is 21.8. The normalized spacial score (nSPS) is 49.1. The van der Waals surface area contributed by atoms with Gasteiger partial charge in [0, 0.05) is 11.8 Å². The van der Waals surface area contributed by atoms with Crippen molar-refractivity contribution in [3.05, 3.63) is 0 Å². The quantitative estimate of drug-likeness (QED) is 0.385. The predicted octanol–water partition coefficient (Wildman–Crippen LogP) is 5.07. The number of hydrogen-bond acceptors (Lipinski definition) is 6. The van der Waals surface area contributed by atoms with E-state index in [1.165, 1.54) is 19.3 Å². The van der Waals surface area contributed by atoms with Crippen molar-refractivity contribution in [2.24, 2.45) is 52.8 Å². The molecular weight excluding hydrogens is 444 g/mol. The topological polar surface area (TPSA) is 78.9 Å². The maximum absolute atomic E-state index is 13.3. The van der Waals surface area contributed by atoms with Gasteiger partial charge in [-0.3, -0.25) is 4.79 Å². The summed E-state index contributed by atoms with van der Waals surface area (Å²) in [5, 5.41) is 0. The smallest absolute Gasteiger partial charge is 0.348 e. The van der Waals surface area contributed by atoms with Crippen molar-refractivity contribution >= 4 is 17.9 Å². The second-order valence-corrected chi connectivity index (χ2v) is 13.5. The maximum atomic E-state index is 13.3. The van der Waals surface area contributed by atoms with Crippen molar-refractivity contribution in [1.29, 1.82) is 0 Å². The van der Waals surface area contributed by atoms with Gasteiger partial charge in [-0.05, 0) is 106 Å². The van der Waals surface area contributed by atoms with Crippen LogP contribution in [0.1, 0.15) is 91.9 Å². The van der Waals surface area contributed by atoms with Gasteiger partial charge in [-0.1, -0.05) is 20.8 Å². The van der Waals surface area contributed by atoms with Crippen molar-refractivity contribution in [1.82, 2.24) is 0 Å². The fourth-order valence-corrected chi connectivity index (χ4v) is 9.84. The number of ether oxygens (including phenoxy) is 3. The molecule has 8 atom stereocenters. The molecule has 0 radical (unpaired) electrons. The lowest BCUT2D eigenvalue weighted by Gasteiger charge is -2.62. The zero-order valence-electron chi connectivity index (χ0n) is 21.8. The van der Waals surface area contributed by atoms with E-state index in [1.54, 1.807) is 0 Å². The van der Waals surface area contributed by atoms with Crippen LogP contribution < -0.4 is 0 Å². The maximum Gasteiger partial charge on any atom is 0.348 e. The van der Waals surface area contributed by atoms with Gasteiger partial charge < -0.3 is 14.2 Å². The van der Waals surface area contributed by atoms with E-state index in [2.05, 4.69) is 27.7 Å². The molecule has 0 spiro atoms. The van der Waals surface area contributed by atoms with Gasteiger partial charge in [-0.25, -0.2) is 9.59 Å². The Morgan fingerprint density at radius 3 is 2.11 bits per heavy atom. The first-order valence-electron chi connectivity index (χ1n) is 14.2. The van der Waals surface area contributed by atoms with Gasteiger partial charge in [0.1, 0.15) is 5.60 Å². The molecule has 6 bridgehead atoms. The fourth-order valence-electron chi connectivity index (χ4n) is 9.84. The summed E-state index contributed by atoms with van der Waals surface area (Å²) in [4.78, 5) is 38.8. The fraction of sp³-hybridized carbons (Fsp3) is 0.897. The molecule has 7 fully saturated rings. The Bertz CT molecular complexity index is 874.